The lowest BCUT2D eigenvalue weighted by Gasteiger charge is -2.45. The van der Waals surface area contributed by atoms with Crippen molar-refractivity contribution in [1.29, 1.82) is 0 Å². The van der Waals surface area contributed by atoms with Crippen molar-refractivity contribution in [3.8, 4) is 17.0 Å². The van der Waals surface area contributed by atoms with Crippen LogP contribution in [0.1, 0.15) is 25.7 Å². The van der Waals surface area contributed by atoms with Crippen LogP contribution in [0.3, 0.4) is 0 Å². The summed E-state index contributed by atoms with van der Waals surface area (Å²) in [6, 6.07) is 6.98. The minimum atomic E-state index is -2.87. The molecule has 10 heteroatoms. The molecular formula is C24H25F2N7O. The fourth-order valence-corrected chi connectivity index (χ4v) is 4.92. The molecule has 0 amide bonds. The summed E-state index contributed by atoms with van der Waals surface area (Å²) in [6.07, 6.45) is 8.59. The number of anilines is 1. The first-order valence-electron chi connectivity index (χ1n) is 11.5. The lowest BCUT2D eigenvalue weighted by Crippen LogP contribution is -2.58. The molecule has 176 valence electrons. The number of piperidine rings is 1. The Balaban J connectivity index is 1.30. The number of rotatable bonds is 5. The van der Waals surface area contributed by atoms with E-state index in [1.54, 1.807) is 23.1 Å². The summed E-state index contributed by atoms with van der Waals surface area (Å²) in [5.74, 6) is -2.43. The molecule has 1 aliphatic carbocycles. The molecule has 2 fully saturated rings. The molecule has 2 aliphatic rings. The highest BCUT2D eigenvalue weighted by molar-refractivity contribution is 5.89. The van der Waals surface area contributed by atoms with Gasteiger partial charge in [-0.05, 0) is 43.0 Å². The summed E-state index contributed by atoms with van der Waals surface area (Å²) in [5, 5.41) is 7.36. The van der Waals surface area contributed by atoms with Gasteiger partial charge in [0.15, 0.2) is 0 Å². The van der Waals surface area contributed by atoms with E-state index in [1.165, 1.54) is 7.11 Å². The van der Waals surface area contributed by atoms with Crippen LogP contribution in [0.25, 0.3) is 27.7 Å². The van der Waals surface area contributed by atoms with Crippen molar-refractivity contribution in [2.75, 3.05) is 25.5 Å². The molecule has 0 radical (unpaired) electrons. The zero-order valence-electron chi connectivity index (χ0n) is 18.8. The van der Waals surface area contributed by atoms with Crippen LogP contribution in [0.15, 0.2) is 42.9 Å². The summed E-state index contributed by atoms with van der Waals surface area (Å²) in [5.41, 5.74) is 3.99. The summed E-state index contributed by atoms with van der Waals surface area (Å²) in [6.45, 7) is 0.420. The average molecular weight is 466 g/mol. The topological polar surface area (TPSA) is 80.5 Å². The lowest BCUT2D eigenvalue weighted by molar-refractivity contribution is -0.0921. The van der Waals surface area contributed by atoms with Crippen LogP contribution in [-0.2, 0) is 0 Å². The number of fused-ring (bicyclic) bond motifs is 2. The van der Waals surface area contributed by atoms with Crippen molar-refractivity contribution in [3.05, 3.63) is 42.9 Å². The van der Waals surface area contributed by atoms with Gasteiger partial charge in [-0.3, -0.25) is 14.9 Å². The first-order valence-corrected chi connectivity index (χ1v) is 11.5. The zero-order valence-corrected chi connectivity index (χ0v) is 18.8. The van der Waals surface area contributed by atoms with Gasteiger partial charge < -0.3 is 10.1 Å². The SMILES string of the molecule is COc1nc(N[C@H]2CCN(C3CCC3)CC2(F)F)nn2ccc(-c3ccc4nccnc4c3)c12. The maximum Gasteiger partial charge on any atom is 0.280 e. The molecule has 1 N–H and O–H groups in total. The number of hydrogen-bond donors (Lipinski definition) is 1. The Morgan fingerprint density at radius 1 is 1.09 bits per heavy atom. The molecule has 4 aromatic rings. The molecule has 0 bridgehead atoms. The quantitative estimate of drug-likeness (QED) is 0.477. The van der Waals surface area contributed by atoms with Crippen molar-refractivity contribution >= 4 is 22.5 Å². The Bertz CT molecular complexity index is 1350. The summed E-state index contributed by atoms with van der Waals surface area (Å²) in [4.78, 5) is 15.1. The number of alkyl halides is 2. The normalized spacial score (nSPS) is 21.0. The summed E-state index contributed by atoms with van der Waals surface area (Å²) in [7, 11) is 1.51. The van der Waals surface area contributed by atoms with E-state index in [0.717, 1.165) is 41.4 Å². The second-order valence-electron chi connectivity index (χ2n) is 9.03. The number of halogens is 2. The maximum atomic E-state index is 15.0. The van der Waals surface area contributed by atoms with Crippen LogP contribution in [-0.4, -0.2) is 67.7 Å². The third-order valence-corrected chi connectivity index (χ3v) is 6.98. The van der Waals surface area contributed by atoms with Crippen LogP contribution in [0.4, 0.5) is 14.7 Å². The predicted molar refractivity (Wildman–Crippen MR) is 124 cm³/mol. The maximum absolute atomic E-state index is 15.0. The third-order valence-electron chi connectivity index (χ3n) is 6.98. The zero-order chi connectivity index (χ0) is 23.3. The number of likely N-dealkylation sites (tertiary alicyclic amines) is 1. The monoisotopic (exact) mass is 465 g/mol. The Kier molecular flexibility index (Phi) is 5.05. The van der Waals surface area contributed by atoms with Crippen molar-refractivity contribution in [2.24, 2.45) is 0 Å². The second-order valence-corrected chi connectivity index (χ2v) is 9.03. The van der Waals surface area contributed by atoms with E-state index in [2.05, 4.69) is 25.4 Å². The smallest absolute Gasteiger partial charge is 0.280 e. The molecule has 0 spiro atoms. The van der Waals surface area contributed by atoms with Crippen LogP contribution in [0.5, 0.6) is 5.88 Å². The second kappa shape index (κ2) is 8.12. The number of benzene rings is 1. The number of nitrogens with one attached hydrogen (secondary N) is 1. The van der Waals surface area contributed by atoms with Gasteiger partial charge in [0.25, 0.3) is 5.92 Å². The number of methoxy groups -OCH3 is 1. The average Bonchev–Trinajstić information content (AvgIpc) is 3.22. The molecule has 3 aromatic heterocycles. The number of aromatic nitrogens is 5. The van der Waals surface area contributed by atoms with E-state index in [0.29, 0.717) is 30.4 Å². The molecule has 1 atom stereocenters. The van der Waals surface area contributed by atoms with Crippen LogP contribution in [0, 0.1) is 0 Å². The number of nitrogens with zero attached hydrogens (tertiary/aromatic N) is 6. The van der Waals surface area contributed by atoms with Gasteiger partial charge in [0.05, 0.1) is 30.7 Å². The Labute approximate surface area is 195 Å². The number of ether oxygens (including phenoxy) is 1. The van der Waals surface area contributed by atoms with Gasteiger partial charge in [-0.25, -0.2) is 13.3 Å². The molecule has 0 unspecified atom stereocenters. The molecular weight excluding hydrogens is 440 g/mol. The standard InChI is InChI=1S/C24H25F2N7O/c1-34-22-21-17(15-5-6-18-19(13-15)28-10-9-27-18)7-12-33(21)31-23(30-22)29-20-8-11-32(14-24(20,25)26)16-3-2-4-16/h5-7,9-10,12-13,16,20H,2-4,8,11,14H2,1H3,(H,29,31)/t20-/m0/s1. The number of hydrogen-bond acceptors (Lipinski definition) is 7. The molecule has 1 aromatic carbocycles. The Hall–Kier alpha value is -3.40. The molecule has 1 saturated carbocycles. The third kappa shape index (κ3) is 3.62. The van der Waals surface area contributed by atoms with Crippen LogP contribution in [0.2, 0.25) is 0 Å². The minimum absolute atomic E-state index is 0.123. The van der Waals surface area contributed by atoms with Crippen molar-refractivity contribution < 1.29 is 13.5 Å². The van der Waals surface area contributed by atoms with Gasteiger partial charge in [0.1, 0.15) is 5.52 Å². The summed E-state index contributed by atoms with van der Waals surface area (Å²) < 4.78 is 37.1. The highest BCUT2D eigenvalue weighted by Crippen LogP contribution is 2.36. The van der Waals surface area contributed by atoms with Gasteiger partial charge in [0, 0.05) is 36.7 Å². The molecule has 4 heterocycles. The van der Waals surface area contributed by atoms with Gasteiger partial charge in [-0.15, -0.1) is 5.10 Å². The molecule has 34 heavy (non-hydrogen) atoms. The lowest BCUT2D eigenvalue weighted by atomic mass is 9.88. The van der Waals surface area contributed by atoms with Crippen LogP contribution < -0.4 is 10.1 Å². The van der Waals surface area contributed by atoms with Gasteiger partial charge >= 0.3 is 0 Å². The van der Waals surface area contributed by atoms with Gasteiger partial charge in [-0.2, -0.15) is 4.98 Å². The van der Waals surface area contributed by atoms with E-state index in [4.69, 9.17) is 4.74 Å². The Morgan fingerprint density at radius 3 is 2.65 bits per heavy atom. The van der Waals surface area contributed by atoms with E-state index in [1.807, 2.05) is 29.2 Å². The minimum Gasteiger partial charge on any atom is -0.479 e. The van der Waals surface area contributed by atoms with Crippen molar-refractivity contribution in [3.63, 3.8) is 0 Å². The fraction of sp³-hybridized carbons (Fsp3) is 0.417. The fourth-order valence-electron chi connectivity index (χ4n) is 4.92. The van der Waals surface area contributed by atoms with Crippen molar-refractivity contribution in [1.82, 2.24) is 29.5 Å². The predicted octanol–water partition coefficient (Wildman–Crippen LogP) is 4.02. The van der Waals surface area contributed by atoms with E-state index in [-0.39, 0.29) is 12.5 Å². The Morgan fingerprint density at radius 2 is 1.91 bits per heavy atom. The van der Waals surface area contributed by atoms with Crippen molar-refractivity contribution in [2.45, 2.75) is 43.7 Å². The molecule has 8 nitrogen and oxygen atoms in total. The van der Waals surface area contributed by atoms with Gasteiger partial charge in [-0.1, -0.05) is 12.5 Å². The summed E-state index contributed by atoms with van der Waals surface area (Å²) >= 11 is 0. The molecule has 1 saturated heterocycles. The van der Waals surface area contributed by atoms with E-state index in [9.17, 15) is 8.78 Å². The largest absolute Gasteiger partial charge is 0.479 e. The van der Waals surface area contributed by atoms with Gasteiger partial charge in [0.2, 0.25) is 11.8 Å². The van der Waals surface area contributed by atoms with E-state index >= 15 is 0 Å². The van der Waals surface area contributed by atoms with Crippen LogP contribution >= 0.6 is 0 Å². The molecule has 6 rings (SSSR count). The van der Waals surface area contributed by atoms with E-state index < -0.39 is 12.0 Å². The highest BCUT2D eigenvalue weighted by Gasteiger charge is 2.47. The highest BCUT2D eigenvalue weighted by atomic mass is 19.3. The molecule has 1 aliphatic heterocycles. The first kappa shape index (κ1) is 21.2. The first-order chi connectivity index (χ1) is 16.5.